The zero-order chi connectivity index (χ0) is 11.5. The number of amides is 1. The highest BCUT2D eigenvalue weighted by Gasteiger charge is 2.42. The summed E-state index contributed by atoms with van der Waals surface area (Å²) in [7, 11) is 0. The molecule has 1 saturated carbocycles. The molecule has 2 rings (SSSR count). The number of carbonyl (C=O) groups excluding carboxylic acids is 1. The van der Waals surface area contributed by atoms with Gasteiger partial charge in [0.15, 0.2) is 0 Å². The van der Waals surface area contributed by atoms with Crippen LogP contribution in [-0.4, -0.2) is 29.9 Å². The zero-order valence-corrected chi connectivity index (χ0v) is 11.5. The minimum absolute atomic E-state index is 0. The molecular formula is C13H25ClN2O. The summed E-state index contributed by atoms with van der Waals surface area (Å²) < 4.78 is 0. The first-order chi connectivity index (χ1) is 7.72. The van der Waals surface area contributed by atoms with Crippen molar-refractivity contribution in [1.82, 2.24) is 4.90 Å². The molecule has 1 amide bonds. The number of likely N-dealkylation sites (tertiary alicyclic amines) is 1. The molecule has 1 aliphatic heterocycles. The summed E-state index contributed by atoms with van der Waals surface area (Å²) >= 11 is 0. The van der Waals surface area contributed by atoms with E-state index in [9.17, 15) is 4.79 Å². The van der Waals surface area contributed by atoms with Crippen molar-refractivity contribution in [2.45, 2.75) is 51.5 Å². The molecule has 1 saturated heterocycles. The molecule has 1 heterocycles. The van der Waals surface area contributed by atoms with Gasteiger partial charge in [-0.1, -0.05) is 19.8 Å². The molecule has 17 heavy (non-hydrogen) atoms. The Kier molecular flexibility index (Phi) is 5.74. The number of hydrogen-bond acceptors (Lipinski definition) is 2. The largest absolute Gasteiger partial charge is 0.342 e. The van der Waals surface area contributed by atoms with Crippen LogP contribution in [0.15, 0.2) is 0 Å². The quantitative estimate of drug-likeness (QED) is 0.788. The number of rotatable bonds is 4. The maximum Gasteiger partial charge on any atom is 0.222 e. The summed E-state index contributed by atoms with van der Waals surface area (Å²) in [5.41, 5.74) is 6.07. The fourth-order valence-corrected chi connectivity index (χ4v) is 3.20. The van der Waals surface area contributed by atoms with E-state index >= 15 is 0 Å². The van der Waals surface area contributed by atoms with Gasteiger partial charge in [-0.15, -0.1) is 12.4 Å². The van der Waals surface area contributed by atoms with E-state index in [1.54, 1.807) is 0 Å². The maximum atomic E-state index is 11.9. The molecule has 3 unspecified atom stereocenters. The fourth-order valence-electron chi connectivity index (χ4n) is 3.20. The van der Waals surface area contributed by atoms with Crippen LogP contribution in [0.2, 0.25) is 0 Å². The van der Waals surface area contributed by atoms with Crippen LogP contribution in [0.25, 0.3) is 0 Å². The van der Waals surface area contributed by atoms with Crippen LogP contribution in [0.3, 0.4) is 0 Å². The van der Waals surface area contributed by atoms with Crippen molar-refractivity contribution in [2.75, 3.05) is 13.1 Å². The lowest BCUT2D eigenvalue weighted by Gasteiger charge is -2.18. The summed E-state index contributed by atoms with van der Waals surface area (Å²) in [5, 5.41) is 0. The third-order valence-corrected chi connectivity index (χ3v) is 4.26. The molecule has 0 bridgehead atoms. The number of nitrogens with two attached hydrogens (primary N) is 1. The van der Waals surface area contributed by atoms with Crippen LogP contribution < -0.4 is 5.73 Å². The lowest BCUT2D eigenvalue weighted by molar-refractivity contribution is -0.130. The highest BCUT2D eigenvalue weighted by molar-refractivity contribution is 5.85. The van der Waals surface area contributed by atoms with Crippen molar-refractivity contribution >= 4 is 18.3 Å². The number of carbonyl (C=O) groups is 1. The van der Waals surface area contributed by atoms with Crippen LogP contribution in [0, 0.1) is 11.8 Å². The van der Waals surface area contributed by atoms with E-state index in [4.69, 9.17) is 5.73 Å². The minimum atomic E-state index is 0. The molecule has 2 fully saturated rings. The van der Waals surface area contributed by atoms with Gasteiger partial charge in [-0.2, -0.15) is 0 Å². The number of hydrogen-bond donors (Lipinski definition) is 1. The van der Waals surface area contributed by atoms with E-state index in [0.717, 1.165) is 32.4 Å². The predicted molar refractivity (Wildman–Crippen MR) is 72.2 cm³/mol. The Labute approximate surface area is 111 Å². The molecule has 3 nitrogen and oxygen atoms in total. The number of unbranched alkanes of at least 4 members (excludes halogenated alkanes) is 2. The van der Waals surface area contributed by atoms with E-state index < -0.39 is 0 Å². The molecule has 2 N–H and O–H groups in total. The summed E-state index contributed by atoms with van der Waals surface area (Å²) in [4.78, 5) is 14.0. The van der Waals surface area contributed by atoms with Gasteiger partial charge in [-0.05, 0) is 31.1 Å². The molecule has 0 aromatic heterocycles. The summed E-state index contributed by atoms with van der Waals surface area (Å²) in [5.74, 6) is 1.65. The second-order valence-electron chi connectivity index (χ2n) is 5.42. The molecule has 3 atom stereocenters. The minimum Gasteiger partial charge on any atom is -0.342 e. The Morgan fingerprint density at radius 1 is 1.29 bits per heavy atom. The average Bonchev–Trinajstić information content (AvgIpc) is 2.82. The van der Waals surface area contributed by atoms with Gasteiger partial charge in [-0.25, -0.2) is 0 Å². The van der Waals surface area contributed by atoms with Crippen molar-refractivity contribution in [1.29, 1.82) is 0 Å². The molecule has 0 spiro atoms. The van der Waals surface area contributed by atoms with E-state index in [1.807, 2.05) is 0 Å². The van der Waals surface area contributed by atoms with Gasteiger partial charge >= 0.3 is 0 Å². The molecule has 0 radical (unpaired) electrons. The van der Waals surface area contributed by atoms with Gasteiger partial charge in [0.1, 0.15) is 0 Å². The van der Waals surface area contributed by atoms with E-state index in [-0.39, 0.29) is 12.4 Å². The lowest BCUT2D eigenvalue weighted by atomic mass is 9.98. The summed E-state index contributed by atoms with van der Waals surface area (Å²) in [6.45, 7) is 4.07. The maximum absolute atomic E-state index is 11.9. The second-order valence-corrected chi connectivity index (χ2v) is 5.42. The van der Waals surface area contributed by atoms with Crippen molar-refractivity contribution in [3.05, 3.63) is 0 Å². The van der Waals surface area contributed by atoms with Gasteiger partial charge in [0.2, 0.25) is 5.91 Å². The standard InChI is InChI=1S/C13H24N2O.ClH/c1-2-3-4-5-13(16)15-8-10-6-7-12(14)11(10)9-15;/h10-12H,2-9,14H2,1H3;1H. The predicted octanol–water partition coefficient (Wildman–Crippen LogP) is 2.18. The first-order valence-corrected chi connectivity index (χ1v) is 6.75. The van der Waals surface area contributed by atoms with Crippen molar-refractivity contribution in [3.8, 4) is 0 Å². The second kappa shape index (κ2) is 6.60. The fraction of sp³-hybridized carbons (Fsp3) is 0.923. The normalized spacial score (nSPS) is 31.2. The van der Waals surface area contributed by atoms with Crippen molar-refractivity contribution in [3.63, 3.8) is 0 Å². The first kappa shape index (κ1) is 14.8. The molecule has 0 aromatic carbocycles. The highest BCUT2D eigenvalue weighted by Crippen LogP contribution is 2.37. The molecule has 100 valence electrons. The van der Waals surface area contributed by atoms with Gasteiger partial charge in [0.25, 0.3) is 0 Å². The van der Waals surface area contributed by atoms with Crippen LogP contribution in [-0.2, 0) is 4.79 Å². The lowest BCUT2D eigenvalue weighted by Crippen LogP contribution is -2.33. The Morgan fingerprint density at radius 2 is 2.06 bits per heavy atom. The SMILES string of the molecule is CCCCCC(=O)N1CC2CCC(N)C2C1.Cl. The Bertz CT molecular complexity index is 260. The van der Waals surface area contributed by atoms with E-state index in [2.05, 4.69) is 11.8 Å². The summed E-state index contributed by atoms with van der Waals surface area (Å²) in [6, 6.07) is 0.346. The third kappa shape index (κ3) is 3.35. The number of nitrogens with zero attached hydrogens (tertiary/aromatic N) is 1. The Balaban J connectivity index is 0.00000144. The molecule has 0 aromatic rings. The van der Waals surface area contributed by atoms with Crippen molar-refractivity contribution < 1.29 is 4.79 Å². The first-order valence-electron chi connectivity index (χ1n) is 6.75. The monoisotopic (exact) mass is 260 g/mol. The zero-order valence-electron chi connectivity index (χ0n) is 10.7. The van der Waals surface area contributed by atoms with Crippen LogP contribution in [0.5, 0.6) is 0 Å². The van der Waals surface area contributed by atoms with Crippen LogP contribution in [0.1, 0.15) is 45.4 Å². The number of fused-ring (bicyclic) bond motifs is 1. The molecule has 2 aliphatic rings. The van der Waals surface area contributed by atoms with Crippen LogP contribution >= 0.6 is 12.4 Å². The van der Waals surface area contributed by atoms with Gasteiger partial charge in [0, 0.05) is 25.6 Å². The van der Waals surface area contributed by atoms with Crippen LogP contribution in [0.4, 0.5) is 0 Å². The third-order valence-electron chi connectivity index (χ3n) is 4.26. The average molecular weight is 261 g/mol. The summed E-state index contributed by atoms with van der Waals surface area (Å²) in [6.07, 6.45) is 6.53. The topological polar surface area (TPSA) is 46.3 Å². The van der Waals surface area contributed by atoms with Crippen molar-refractivity contribution in [2.24, 2.45) is 17.6 Å². The van der Waals surface area contributed by atoms with Gasteiger partial charge < -0.3 is 10.6 Å². The molecule has 1 aliphatic carbocycles. The Hall–Kier alpha value is -0.280. The Morgan fingerprint density at radius 3 is 2.71 bits per heavy atom. The highest BCUT2D eigenvalue weighted by atomic mass is 35.5. The molecular weight excluding hydrogens is 236 g/mol. The van der Waals surface area contributed by atoms with Gasteiger partial charge in [0.05, 0.1) is 0 Å². The number of halogens is 1. The smallest absolute Gasteiger partial charge is 0.222 e. The molecule has 4 heteroatoms. The van der Waals surface area contributed by atoms with E-state index in [0.29, 0.717) is 23.8 Å². The van der Waals surface area contributed by atoms with E-state index in [1.165, 1.54) is 19.3 Å². The van der Waals surface area contributed by atoms with Gasteiger partial charge in [-0.3, -0.25) is 4.79 Å².